The summed E-state index contributed by atoms with van der Waals surface area (Å²) in [7, 11) is 0.829. The van der Waals surface area contributed by atoms with E-state index in [0.717, 1.165) is 16.3 Å². The molecule has 0 aromatic heterocycles. The fourth-order valence-electron chi connectivity index (χ4n) is 0.386. The van der Waals surface area contributed by atoms with Gasteiger partial charge in [-0.15, -0.1) is 0 Å². The van der Waals surface area contributed by atoms with E-state index in [-0.39, 0.29) is 0 Å². The van der Waals surface area contributed by atoms with Crippen molar-refractivity contribution >= 4 is 9.68 Å². The highest BCUT2D eigenvalue weighted by atomic mass is 28.2. The van der Waals surface area contributed by atoms with Gasteiger partial charge in [0.15, 0.2) is 9.68 Å². The predicted molar refractivity (Wildman–Crippen MR) is 24.3 cm³/mol. The van der Waals surface area contributed by atoms with Crippen molar-refractivity contribution in [2.75, 3.05) is 6.61 Å². The molecule has 0 amide bonds. The fourth-order valence-corrected chi connectivity index (χ4v) is 1.01. The smallest absolute Gasteiger partial charge is 0.174 e. The van der Waals surface area contributed by atoms with Crippen molar-refractivity contribution in [2.24, 2.45) is 0 Å². The molecule has 1 heterocycles. The molecule has 34 valence electrons. The summed E-state index contributed by atoms with van der Waals surface area (Å²) in [5.41, 5.74) is 0. The van der Waals surface area contributed by atoms with Gasteiger partial charge in [0.2, 0.25) is 0 Å². The lowest BCUT2D eigenvalue weighted by molar-refractivity contribution is 0.0817. The Morgan fingerprint density at radius 2 is 2.67 bits per heavy atom. The summed E-state index contributed by atoms with van der Waals surface area (Å²) in [5.74, 6) is 0. The van der Waals surface area contributed by atoms with Gasteiger partial charge in [0, 0.05) is 0 Å². The third kappa shape index (κ3) is 1.08. The van der Waals surface area contributed by atoms with E-state index in [1.54, 1.807) is 0 Å². The van der Waals surface area contributed by atoms with Crippen LogP contribution in [0.1, 0.15) is 6.42 Å². The molecule has 2 nitrogen and oxygen atoms in total. The summed E-state index contributed by atoms with van der Waals surface area (Å²) in [4.78, 5) is 4.83. The Bertz CT molecular complexity index is 26.3. The van der Waals surface area contributed by atoms with Gasteiger partial charge in [-0.3, -0.25) is 0 Å². The minimum Gasteiger partial charge on any atom is -0.309 e. The summed E-state index contributed by atoms with van der Waals surface area (Å²) >= 11 is 0. The van der Waals surface area contributed by atoms with E-state index in [1.807, 2.05) is 0 Å². The number of nitrogens with one attached hydrogen (secondary N) is 1. The molecule has 0 atom stereocenters. The zero-order valence-corrected chi connectivity index (χ0v) is 4.53. The third-order valence-electron chi connectivity index (χ3n) is 0.693. The van der Waals surface area contributed by atoms with E-state index in [0.29, 0.717) is 0 Å². The number of hydrogen-bond acceptors (Lipinski definition) is 2. The Kier molecular flexibility index (Phi) is 1.67. The number of hydrogen-bond donors (Lipinski definition) is 1. The molecule has 1 rings (SSSR count). The van der Waals surface area contributed by atoms with E-state index in [2.05, 4.69) is 5.15 Å². The van der Waals surface area contributed by atoms with Crippen LogP contribution < -0.4 is 5.15 Å². The Morgan fingerprint density at radius 3 is 2.83 bits per heavy atom. The van der Waals surface area contributed by atoms with Crippen LogP contribution in [0, 0.1) is 0 Å². The SMILES string of the molecule is C1CON[Si]C1. The van der Waals surface area contributed by atoms with Crippen LogP contribution >= 0.6 is 0 Å². The normalized spacial score (nSPS) is 24.0. The quantitative estimate of drug-likeness (QED) is 0.432. The number of rotatable bonds is 0. The largest absolute Gasteiger partial charge is 0.309 e. The van der Waals surface area contributed by atoms with Gasteiger partial charge in [0.05, 0.1) is 6.61 Å². The molecule has 3 heteroatoms. The zero-order chi connectivity index (χ0) is 4.24. The summed E-state index contributed by atoms with van der Waals surface area (Å²) in [6.45, 7) is 0.896. The monoisotopic (exact) mass is 101 g/mol. The molecular formula is C3H7NOSi. The maximum absolute atomic E-state index is 4.83. The summed E-state index contributed by atoms with van der Waals surface area (Å²) in [5, 5.41) is 2.81. The first kappa shape index (κ1) is 4.30. The molecule has 0 spiro atoms. The first-order valence-corrected chi connectivity index (χ1v) is 3.30. The second-order valence-electron chi connectivity index (χ2n) is 1.23. The minimum atomic E-state index is 0.829. The van der Waals surface area contributed by atoms with Crippen molar-refractivity contribution in [3.63, 3.8) is 0 Å². The van der Waals surface area contributed by atoms with Crippen LogP contribution in [0.5, 0.6) is 0 Å². The lowest BCUT2D eigenvalue weighted by Crippen LogP contribution is -2.25. The van der Waals surface area contributed by atoms with Crippen molar-refractivity contribution in [3.05, 3.63) is 0 Å². The molecule has 2 radical (unpaired) electrons. The highest BCUT2D eigenvalue weighted by molar-refractivity contribution is 6.31. The van der Waals surface area contributed by atoms with Crippen molar-refractivity contribution in [1.29, 1.82) is 0 Å². The molecule has 0 aliphatic carbocycles. The van der Waals surface area contributed by atoms with Gasteiger partial charge in [-0.25, -0.2) is 5.15 Å². The molecule has 1 saturated heterocycles. The van der Waals surface area contributed by atoms with E-state index in [9.17, 15) is 0 Å². The average Bonchev–Trinajstić information content (AvgIpc) is 1.72. The van der Waals surface area contributed by atoms with Crippen LogP contribution in [0.3, 0.4) is 0 Å². The third-order valence-corrected chi connectivity index (χ3v) is 1.58. The van der Waals surface area contributed by atoms with Gasteiger partial charge in [-0.05, 0) is 12.5 Å². The second-order valence-corrected chi connectivity index (χ2v) is 2.29. The fraction of sp³-hybridized carbons (Fsp3) is 1.00. The summed E-state index contributed by atoms with van der Waals surface area (Å²) in [6, 6.07) is 1.29. The first-order valence-electron chi connectivity index (χ1n) is 2.10. The van der Waals surface area contributed by atoms with Gasteiger partial charge >= 0.3 is 0 Å². The Hall–Kier alpha value is 0.137. The van der Waals surface area contributed by atoms with E-state index in [1.165, 1.54) is 12.5 Å². The van der Waals surface area contributed by atoms with Crippen molar-refractivity contribution < 1.29 is 4.84 Å². The average molecular weight is 101 g/mol. The molecule has 1 N–H and O–H groups in total. The van der Waals surface area contributed by atoms with Crippen molar-refractivity contribution in [2.45, 2.75) is 12.5 Å². The van der Waals surface area contributed by atoms with Crippen LogP contribution in [-0.4, -0.2) is 16.3 Å². The zero-order valence-electron chi connectivity index (χ0n) is 3.53. The summed E-state index contributed by atoms with van der Waals surface area (Å²) in [6.07, 6.45) is 1.23. The molecule has 1 fully saturated rings. The van der Waals surface area contributed by atoms with E-state index < -0.39 is 0 Å². The molecule has 0 saturated carbocycles. The molecule has 0 aromatic carbocycles. The van der Waals surface area contributed by atoms with Gasteiger partial charge in [0.25, 0.3) is 0 Å². The standard InChI is InChI=1S/C3H7NOSi/c1-2-5-4-6-3-1/h4H,1-3H2. The maximum Gasteiger partial charge on any atom is 0.174 e. The van der Waals surface area contributed by atoms with E-state index >= 15 is 0 Å². The molecule has 0 aromatic rings. The molecule has 1 aliphatic heterocycles. The lowest BCUT2D eigenvalue weighted by atomic mass is 10.5. The van der Waals surface area contributed by atoms with Crippen molar-refractivity contribution in [1.82, 2.24) is 5.15 Å². The molecular weight excluding hydrogens is 94.1 g/mol. The molecule has 6 heavy (non-hydrogen) atoms. The van der Waals surface area contributed by atoms with E-state index in [4.69, 9.17) is 4.84 Å². The van der Waals surface area contributed by atoms with Crippen LogP contribution in [0.2, 0.25) is 6.04 Å². The van der Waals surface area contributed by atoms with Crippen LogP contribution in [-0.2, 0) is 4.84 Å². The van der Waals surface area contributed by atoms with Crippen LogP contribution in [0.4, 0.5) is 0 Å². The van der Waals surface area contributed by atoms with Gasteiger partial charge in [-0.1, -0.05) is 0 Å². The Balaban J connectivity index is 2.00. The second kappa shape index (κ2) is 2.33. The minimum absolute atomic E-state index is 0.829. The lowest BCUT2D eigenvalue weighted by Gasteiger charge is -2.08. The molecule has 0 bridgehead atoms. The molecule has 1 aliphatic rings. The highest BCUT2D eigenvalue weighted by Crippen LogP contribution is 1.90. The highest BCUT2D eigenvalue weighted by Gasteiger charge is 1.96. The van der Waals surface area contributed by atoms with Crippen LogP contribution in [0.15, 0.2) is 0 Å². The molecule has 0 unspecified atom stereocenters. The van der Waals surface area contributed by atoms with Crippen molar-refractivity contribution in [3.8, 4) is 0 Å². The topological polar surface area (TPSA) is 21.3 Å². The van der Waals surface area contributed by atoms with Gasteiger partial charge in [-0.2, -0.15) is 0 Å². The predicted octanol–water partition coefficient (Wildman–Crippen LogP) is -0.0512. The first-order chi connectivity index (χ1) is 3.00. The van der Waals surface area contributed by atoms with Gasteiger partial charge < -0.3 is 4.84 Å². The maximum atomic E-state index is 4.83. The van der Waals surface area contributed by atoms with Crippen LogP contribution in [0.25, 0.3) is 0 Å². The van der Waals surface area contributed by atoms with Gasteiger partial charge in [0.1, 0.15) is 0 Å². The Morgan fingerprint density at radius 1 is 1.67 bits per heavy atom. The Labute approximate surface area is 39.7 Å². The summed E-state index contributed by atoms with van der Waals surface area (Å²) < 4.78 is 0.